The summed E-state index contributed by atoms with van der Waals surface area (Å²) < 4.78 is 53.6. The first-order chi connectivity index (χ1) is 35.1. The van der Waals surface area contributed by atoms with Crippen molar-refractivity contribution >= 4 is 54.9 Å². The molecular weight excluding hydrogens is 1010 g/mol. The average Bonchev–Trinajstić information content (AvgIpc) is 3.29. The zero-order valence-corrected chi connectivity index (χ0v) is 54.4. The molecule has 2 aliphatic carbocycles. The van der Waals surface area contributed by atoms with Crippen LogP contribution in [-0.4, -0.2) is 110 Å². The second-order valence-corrected chi connectivity index (χ2v) is 42.1. The lowest BCUT2D eigenvalue weighted by Gasteiger charge is -2.55. The molecule has 4 aliphatic rings. The van der Waals surface area contributed by atoms with Crippen molar-refractivity contribution in [3.8, 4) is 0 Å². The summed E-state index contributed by atoms with van der Waals surface area (Å²) in [5.74, 6) is -3.65. The van der Waals surface area contributed by atoms with Crippen molar-refractivity contribution in [1.29, 1.82) is 0 Å². The number of ether oxygens (including phenoxy) is 5. The quantitative estimate of drug-likeness (QED) is 0.0368. The van der Waals surface area contributed by atoms with Gasteiger partial charge in [-0.05, 0) is 116 Å². The molecule has 0 N–H and O–H groups in total. The monoisotopic (exact) mass is 1120 g/mol. The zero-order chi connectivity index (χ0) is 57.6. The number of rotatable bonds is 25. The molecular formula is C60H108O13Si3. The number of carbonyl (C=O) groups is 5. The van der Waals surface area contributed by atoms with Gasteiger partial charge in [0.1, 0.15) is 24.3 Å². The zero-order valence-electron chi connectivity index (χ0n) is 51.4. The Hall–Kier alpha value is -2.06. The highest BCUT2D eigenvalue weighted by atomic mass is 28.4. The molecule has 2 spiro atoms. The van der Waals surface area contributed by atoms with Crippen LogP contribution in [0.5, 0.6) is 0 Å². The number of methoxy groups -OCH3 is 1. The summed E-state index contributed by atoms with van der Waals surface area (Å²) in [5.41, 5.74) is 0.463. The Morgan fingerprint density at radius 1 is 0.724 bits per heavy atom. The van der Waals surface area contributed by atoms with E-state index in [1.807, 2.05) is 13.8 Å². The smallest absolute Gasteiger partial charge is 0.302 e. The van der Waals surface area contributed by atoms with Crippen molar-refractivity contribution in [2.24, 2.45) is 29.1 Å². The normalized spacial score (nSPS) is 31.0. The molecule has 0 aromatic carbocycles. The first-order valence-corrected chi connectivity index (χ1v) is 37.2. The van der Waals surface area contributed by atoms with Crippen LogP contribution < -0.4 is 0 Å². The van der Waals surface area contributed by atoms with Crippen LogP contribution in [0, 0.1) is 29.1 Å². The summed E-state index contributed by atoms with van der Waals surface area (Å²) in [6.45, 7) is 44.2. The molecule has 438 valence electrons. The Labute approximate surface area is 464 Å². The van der Waals surface area contributed by atoms with Gasteiger partial charge >= 0.3 is 11.9 Å². The Morgan fingerprint density at radius 2 is 1.30 bits per heavy atom. The fourth-order valence-corrected chi connectivity index (χ4v) is 24.4. The minimum absolute atomic E-state index is 0.0112. The van der Waals surface area contributed by atoms with Gasteiger partial charge < -0.3 is 41.8 Å². The molecule has 13 nitrogen and oxygen atoms in total. The van der Waals surface area contributed by atoms with Gasteiger partial charge in [0.2, 0.25) is 0 Å². The van der Waals surface area contributed by atoms with E-state index in [-0.39, 0.29) is 75.7 Å². The second-order valence-electron chi connectivity index (χ2n) is 27.3. The molecule has 16 heteroatoms. The van der Waals surface area contributed by atoms with E-state index in [0.29, 0.717) is 32.1 Å². The van der Waals surface area contributed by atoms with E-state index < -0.39 is 84.5 Å². The molecule has 4 fully saturated rings. The predicted octanol–water partition coefficient (Wildman–Crippen LogP) is 14.2. The van der Waals surface area contributed by atoms with Crippen LogP contribution in [-0.2, 0) is 60.9 Å². The first-order valence-electron chi connectivity index (χ1n) is 29.6. The summed E-state index contributed by atoms with van der Waals surface area (Å²) in [6, 6.07) is 2.81. The Morgan fingerprint density at radius 3 is 1.82 bits per heavy atom. The molecule has 0 amide bonds. The number of hydrogen-bond donors (Lipinski definition) is 0. The highest BCUT2D eigenvalue weighted by molar-refractivity contribution is 6.79. The van der Waals surface area contributed by atoms with Crippen LogP contribution >= 0.6 is 0 Å². The van der Waals surface area contributed by atoms with Crippen LogP contribution in [0.2, 0.25) is 52.9 Å². The van der Waals surface area contributed by atoms with Gasteiger partial charge in [0.15, 0.2) is 22.4 Å². The molecule has 13 atom stereocenters. The standard InChI is InChI=1S/C60H108O13Si3/c1-22-75(23-2,24-3)73-58(18)33-52(70-60(38-58)36-51(67-45(13)62)29-49(69-60)30-55(65)72-76(39(4)5,40(6)7)41(8)9)25-42(10)43(11)56(68-46(14)63)44(12)54(64)28-47-26-50(66-19)34-59(31-47)32-48(37-61)27-53(35-59)71-74(20,21)57(15,16)17/h37,39-41,43-44,47-53,56H,10,22-36,38H2,1-9,11-21H3/t43-,44-,47+,48+,49-,50+,51+,52+,53+,56+,58+,59+,60-/m1/s1. The topological polar surface area (TPSA) is 159 Å². The Bertz CT molecular complexity index is 1950. The molecule has 0 aromatic rings. The lowest BCUT2D eigenvalue weighted by atomic mass is 9.58. The molecule has 76 heavy (non-hydrogen) atoms. The number of ketones is 1. The van der Waals surface area contributed by atoms with Crippen LogP contribution in [0.15, 0.2) is 12.2 Å². The third-order valence-corrected chi connectivity index (χ3v) is 34.7. The molecule has 2 saturated heterocycles. The second kappa shape index (κ2) is 26.7. The highest BCUT2D eigenvalue weighted by Gasteiger charge is 2.57. The minimum atomic E-state index is -2.56. The molecule has 0 bridgehead atoms. The summed E-state index contributed by atoms with van der Waals surface area (Å²) in [6.07, 6.45) is 5.28. The highest BCUT2D eigenvalue weighted by Crippen LogP contribution is 2.55. The number of Topliss-reactive ketones (excluding diaryl/α,β-unsaturated/α-hetero) is 1. The van der Waals surface area contributed by atoms with E-state index in [4.69, 9.17) is 37.0 Å². The maximum atomic E-state index is 14.7. The van der Waals surface area contributed by atoms with E-state index in [9.17, 15) is 24.0 Å². The van der Waals surface area contributed by atoms with Crippen molar-refractivity contribution in [1.82, 2.24) is 0 Å². The summed E-state index contributed by atoms with van der Waals surface area (Å²) in [5, 5.41) is 0.0281. The average molecular weight is 1120 g/mol. The van der Waals surface area contributed by atoms with Crippen molar-refractivity contribution < 1.29 is 60.9 Å². The molecule has 2 heterocycles. The van der Waals surface area contributed by atoms with Gasteiger partial charge in [-0.2, -0.15) is 0 Å². The SMILES string of the molecule is C=C(C[C@H]1C[C@](C)(O[Si](CC)(CC)CC)C[C@@]2(C[C@@H](OC(C)=O)C[C@H](CC(=O)O[Si](C(C)C)(C(C)C)C(C)C)O2)O1)[C@@H](C)[C@H](OC(C)=O)[C@H](C)C(=O)C[C@@H]1C[C@H](OC)C[C@@]2(C[C@@H](C=O)C[C@H](O[Si](C)(C)C(C)(C)C)C2)C1. The van der Waals surface area contributed by atoms with Gasteiger partial charge in [0.25, 0.3) is 14.3 Å². The van der Waals surface area contributed by atoms with Crippen LogP contribution in [0.3, 0.4) is 0 Å². The van der Waals surface area contributed by atoms with Crippen molar-refractivity contribution in [2.45, 2.75) is 302 Å². The van der Waals surface area contributed by atoms with Gasteiger partial charge in [0, 0.05) is 71.0 Å². The first kappa shape index (κ1) is 66.5. The summed E-state index contributed by atoms with van der Waals surface area (Å²) in [7, 11) is -5.18. The number of carbonyl (C=O) groups excluding carboxylic acids is 5. The number of esters is 2. The third kappa shape index (κ3) is 16.5. The van der Waals surface area contributed by atoms with Gasteiger partial charge in [-0.1, -0.05) is 109 Å². The molecule has 4 rings (SSSR count). The van der Waals surface area contributed by atoms with Gasteiger partial charge in [-0.15, -0.1) is 0 Å². The summed E-state index contributed by atoms with van der Waals surface area (Å²) in [4.78, 5) is 67.2. The third-order valence-electron chi connectivity index (χ3n) is 19.4. The van der Waals surface area contributed by atoms with E-state index in [1.54, 1.807) is 7.11 Å². The van der Waals surface area contributed by atoms with Crippen LogP contribution in [0.1, 0.15) is 201 Å². The van der Waals surface area contributed by atoms with Crippen molar-refractivity contribution in [3.05, 3.63) is 12.2 Å². The number of hydrogen-bond acceptors (Lipinski definition) is 13. The van der Waals surface area contributed by atoms with E-state index in [1.165, 1.54) is 13.8 Å². The fraction of sp³-hybridized carbons (Fsp3) is 0.883. The van der Waals surface area contributed by atoms with Crippen LogP contribution in [0.4, 0.5) is 0 Å². The number of aldehydes is 1. The largest absolute Gasteiger partial charge is 0.518 e. The molecule has 2 saturated carbocycles. The van der Waals surface area contributed by atoms with E-state index >= 15 is 0 Å². The summed E-state index contributed by atoms with van der Waals surface area (Å²) >= 11 is 0. The fourth-order valence-electron chi connectivity index (χ4n) is 14.7. The Balaban J connectivity index is 1.64. The van der Waals surface area contributed by atoms with Crippen molar-refractivity contribution in [2.75, 3.05) is 7.11 Å². The van der Waals surface area contributed by atoms with Crippen LogP contribution in [0.25, 0.3) is 0 Å². The molecule has 0 unspecified atom stereocenters. The maximum absolute atomic E-state index is 14.7. The van der Waals surface area contributed by atoms with Gasteiger partial charge in [-0.25, -0.2) is 0 Å². The van der Waals surface area contributed by atoms with Crippen molar-refractivity contribution in [3.63, 3.8) is 0 Å². The molecule has 2 aliphatic heterocycles. The lowest BCUT2D eigenvalue weighted by Crippen LogP contribution is -2.61. The predicted molar refractivity (Wildman–Crippen MR) is 308 cm³/mol. The molecule has 0 aromatic heterocycles. The minimum Gasteiger partial charge on any atom is -0.518 e. The van der Waals surface area contributed by atoms with E-state index in [2.05, 4.69) is 110 Å². The Kier molecular flexibility index (Phi) is 23.3. The lowest BCUT2D eigenvalue weighted by molar-refractivity contribution is -0.347. The van der Waals surface area contributed by atoms with E-state index in [0.717, 1.165) is 68.5 Å². The van der Waals surface area contributed by atoms with Gasteiger partial charge in [-0.3, -0.25) is 19.2 Å². The maximum Gasteiger partial charge on any atom is 0.302 e. The molecule has 0 radical (unpaired) electrons. The van der Waals surface area contributed by atoms with Gasteiger partial charge in [0.05, 0.1) is 36.3 Å².